The predicted octanol–water partition coefficient (Wildman–Crippen LogP) is 0.977. The van der Waals surface area contributed by atoms with Crippen LogP contribution in [0.25, 0.3) is 0 Å². The summed E-state index contributed by atoms with van der Waals surface area (Å²) in [5.74, 6) is 2.37. The summed E-state index contributed by atoms with van der Waals surface area (Å²) in [7, 11) is 0. The van der Waals surface area contributed by atoms with Gasteiger partial charge in [0.15, 0.2) is 5.82 Å². The van der Waals surface area contributed by atoms with Crippen LogP contribution in [0.1, 0.15) is 44.8 Å². The molecule has 2 fully saturated rings. The molecule has 8 nitrogen and oxygen atoms in total. The Labute approximate surface area is 149 Å². The van der Waals surface area contributed by atoms with Crippen molar-refractivity contribution < 1.29 is 9.53 Å². The molecule has 2 aliphatic heterocycles. The van der Waals surface area contributed by atoms with Gasteiger partial charge in [0.25, 0.3) is 0 Å². The molecule has 0 unspecified atom stereocenters. The molecule has 0 saturated carbocycles. The maximum atomic E-state index is 12.1. The van der Waals surface area contributed by atoms with Gasteiger partial charge in [0.1, 0.15) is 11.4 Å². The van der Waals surface area contributed by atoms with Crippen LogP contribution in [0.3, 0.4) is 0 Å². The lowest BCUT2D eigenvalue weighted by atomic mass is 10.1. The van der Waals surface area contributed by atoms with E-state index in [0.29, 0.717) is 19.0 Å². The Morgan fingerprint density at radius 1 is 1.28 bits per heavy atom. The summed E-state index contributed by atoms with van der Waals surface area (Å²) in [4.78, 5) is 20.9. The van der Waals surface area contributed by atoms with Crippen LogP contribution in [-0.4, -0.2) is 82.5 Å². The van der Waals surface area contributed by atoms with Gasteiger partial charge in [0.2, 0.25) is 0 Å². The Hall–Kier alpha value is -1.67. The molecule has 2 aliphatic rings. The molecule has 1 amide bonds. The maximum absolute atomic E-state index is 12.1. The second kappa shape index (κ2) is 7.70. The first-order valence-electron chi connectivity index (χ1n) is 9.23. The number of nitrogens with zero attached hydrogens (tertiary/aromatic N) is 4. The minimum Gasteiger partial charge on any atom is -0.444 e. The van der Waals surface area contributed by atoms with Gasteiger partial charge in [-0.1, -0.05) is 0 Å². The van der Waals surface area contributed by atoms with E-state index in [0.717, 1.165) is 57.2 Å². The number of piperazine rings is 1. The molecular formula is C17H30N6O2. The average molecular weight is 350 g/mol. The topological polar surface area (TPSA) is 86.4 Å². The molecule has 1 aromatic heterocycles. The number of nitrogens with one attached hydrogen (secondary N) is 2. The third-order valence-corrected chi connectivity index (χ3v) is 4.67. The monoisotopic (exact) mass is 350 g/mol. The van der Waals surface area contributed by atoms with Gasteiger partial charge in [0, 0.05) is 51.6 Å². The molecular weight excluding hydrogens is 320 g/mol. The van der Waals surface area contributed by atoms with E-state index in [-0.39, 0.29) is 6.09 Å². The Morgan fingerprint density at radius 2 is 2.04 bits per heavy atom. The van der Waals surface area contributed by atoms with Crippen LogP contribution in [0, 0.1) is 0 Å². The second-order valence-corrected chi connectivity index (χ2v) is 7.89. The lowest BCUT2D eigenvalue weighted by molar-refractivity contribution is 0.0146. The van der Waals surface area contributed by atoms with E-state index < -0.39 is 5.60 Å². The highest BCUT2D eigenvalue weighted by atomic mass is 16.6. The third-order valence-electron chi connectivity index (χ3n) is 4.67. The fourth-order valence-electron chi connectivity index (χ4n) is 3.23. The van der Waals surface area contributed by atoms with Crippen molar-refractivity contribution in [3.05, 3.63) is 11.6 Å². The van der Waals surface area contributed by atoms with Crippen molar-refractivity contribution in [1.29, 1.82) is 0 Å². The highest BCUT2D eigenvalue weighted by molar-refractivity contribution is 5.68. The first kappa shape index (κ1) is 18.1. The Bertz CT molecular complexity index is 568. The zero-order valence-corrected chi connectivity index (χ0v) is 15.5. The predicted molar refractivity (Wildman–Crippen MR) is 94.6 cm³/mol. The van der Waals surface area contributed by atoms with Crippen molar-refractivity contribution in [2.24, 2.45) is 0 Å². The van der Waals surface area contributed by atoms with E-state index in [1.54, 1.807) is 4.90 Å². The van der Waals surface area contributed by atoms with Gasteiger partial charge in [-0.05, 0) is 33.7 Å². The standard InChI is InChI=1S/C17H30N6O2/c1-17(2,3)25-16(24)23-10-8-22(9-11-23)7-5-14-19-15(21-20-14)13-4-6-18-12-13/h13,18H,4-12H2,1-3H3,(H,19,20,21)/t13-/m0/s1. The van der Waals surface area contributed by atoms with Crippen molar-refractivity contribution >= 4 is 6.09 Å². The Balaban J connectivity index is 1.40. The summed E-state index contributed by atoms with van der Waals surface area (Å²) in [5.41, 5.74) is -0.438. The fraction of sp³-hybridized carbons (Fsp3) is 0.824. The highest BCUT2D eigenvalue weighted by Crippen LogP contribution is 2.18. The first-order valence-corrected chi connectivity index (χ1v) is 9.23. The van der Waals surface area contributed by atoms with Crippen molar-refractivity contribution in [2.75, 3.05) is 45.8 Å². The van der Waals surface area contributed by atoms with Crippen LogP contribution in [0.5, 0.6) is 0 Å². The van der Waals surface area contributed by atoms with Crippen LogP contribution in [0.2, 0.25) is 0 Å². The molecule has 3 rings (SSSR count). The van der Waals surface area contributed by atoms with Gasteiger partial charge >= 0.3 is 6.09 Å². The molecule has 2 N–H and O–H groups in total. The SMILES string of the molecule is CC(C)(C)OC(=O)N1CCN(CCc2n[nH]c([C@H]3CCNC3)n2)CC1. The number of ether oxygens (including phenoxy) is 1. The van der Waals surface area contributed by atoms with E-state index >= 15 is 0 Å². The number of H-pyrrole nitrogens is 1. The van der Waals surface area contributed by atoms with Crippen molar-refractivity contribution in [3.63, 3.8) is 0 Å². The van der Waals surface area contributed by atoms with Crippen LogP contribution in [0.4, 0.5) is 4.79 Å². The molecule has 3 heterocycles. The van der Waals surface area contributed by atoms with Crippen molar-refractivity contribution in [1.82, 2.24) is 30.3 Å². The molecule has 0 aromatic carbocycles. The molecule has 0 spiro atoms. The van der Waals surface area contributed by atoms with Gasteiger partial charge in [-0.2, -0.15) is 5.10 Å². The average Bonchev–Trinajstić information content (AvgIpc) is 3.23. The Kier molecular flexibility index (Phi) is 5.58. The molecule has 1 atom stereocenters. The molecule has 1 aromatic rings. The molecule has 2 saturated heterocycles. The molecule has 0 bridgehead atoms. The maximum Gasteiger partial charge on any atom is 0.410 e. The number of rotatable bonds is 4. The first-order chi connectivity index (χ1) is 11.9. The number of carbonyl (C=O) groups excluding carboxylic acids is 1. The van der Waals surface area contributed by atoms with Gasteiger partial charge < -0.3 is 15.0 Å². The Morgan fingerprint density at radius 3 is 2.68 bits per heavy atom. The van der Waals surface area contributed by atoms with Gasteiger partial charge in [-0.15, -0.1) is 0 Å². The van der Waals surface area contributed by atoms with Crippen molar-refractivity contribution in [3.8, 4) is 0 Å². The van der Waals surface area contributed by atoms with E-state index in [4.69, 9.17) is 4.74 Å². The van der Waals surface area contributed by atoms with Crippen LogP contribution >= 0.6 is 0 Å². The largest absolute Gasteiger partial charge is 0.444 e. The third kappa shape index (κ3) is 5.15. The minimum atomic E-state index is -0.438. The number of amides is 1. The lowest BCUT2D eigenvalue weighted by Gasteiger charge is -2.35. The summed E-state index contributed by atoms with van der Waals surface area (Å²) in [5, 5.41) is 10.8. The molecule has 140 valence electrons. The van der Waals surface area contributed by atoms with Crippen molar-refractivity contribution in [2.45, 2.75) is 45.1 Å². The summed E-state index contributed by atoms with van der Waals surface area (Å²) in [6, 6.07) is 0. The van der Waals surface area contributed by atoms with Gasteiger partial charge in [-0.3, -0.25) is 10.00 Å². The van der Waals surface area contributed by atoms with Crippen LogP contribution in [-0.2, 0) is 11.2 Å². The van der Waals surface area contributed by atoms with Gasteiger partial charge in [-0.25, -0.2) is 9.78 Å². The zero-order chi connectivity index (χ0) is 17.9. The number of hydrogen-bond acceptors (Lipinski definition) is 6. The smallest absolute Gasteiger partial charge is 0.410 e. The number of aromatic nitrogens is 3. The molecule has 25 heavy (non-hydrogen) atoms. The molecule has 0 radical (unpaired) electrons. The fourth-order valence-corrected chi connectivity index (χ4v) is 3.23. The van der Waals surface area contributed by atoms with Gasteiger partial charge in [0.05, 0.1) is 0 Å². The van der Waals surface area contributed by atoms with Crippen LogP contribution in [0.15, 0.2) is 0 Å². The minimum absolute atomic E-state index is 0.212. The normalized spacial score (nSPS) is 22.4. The summed E-state index contributed by atoms with van der Waals surface area (Å²) >= 11 is 0. The number of hydrogen-bond donors (Lipinski definition) is 2. The van der Waals surface area contributed by atoms with E-state index in [2.05, 4.69) is 25.4 Å². The lowest BCUT2D eigenvalue weighted by Crippen LogP contribution is -2.50. The molecule has 0 aliphatic carbocycles. The summed E-state index contributed by atoms with van der Waals surface area (Å²) in [6.07, 6.45) is 1.75. The van der Waals surface area contributed by atoms with Crippen LogP contribution < -0.4 is 5.32 Å². The quantitative estimate of drug-likeness (QED) is 0.842. The zero-order valence-electron chi connectivity index (χ0n) is 15.5. The summed E-state index contributed by atoms with van der Waals surface area (Å²) < 4.78 is 5.43. The number of aromatic amines is 1. The second-order valence-electron chi connectivity index (χ2n) is 7.89. The van der Waals surface area contributed by atoms with E-state index in [9.17, 15) is 4.79 Å². The van der Waals surface area contributed by atoms with E-state index in [1.165, 1.54) is 0 Å². The molecule has 8 heteroatoms. The summed E-state index contributed by atoms with van der Waals surface area (Å²) in [6.45, 7) is 11.8. The van der Waals surface area contributed by atoms with E-state index in [1.807, 2.05) is 20.8 Å². The number of carbonyl (C=O) groups is 1. The highest BCUT2D eigenvalue weighted by Gasteiger charge is 2.26.